The van der Waals surface area contributed by atoms with Crippen molar-refractivity contribution in [3.05, 3.63) is 89.2 Å². The first-order valence-corrected chi connectivity index (χ1v) is 12.2. The molecule has 2 aliphatic heterocycles. The molecule has 3 aromatic rings. The summed E-state index contributed by atoms with van der Waals surface area (Å²) in [5, 5.41) is 0. The molecule has 2 bridgehead atoms. The highest BCUT2D eigenvalue weighted by molar-refractivity contribution is 5.97. The molecule has 2 fully saturated rings. The summed E-state index contributed by atoms with van der Waals surface area (Å²) in [6.45, 7) is 2.25. The lowest BCUT2D eigenvalue weighted by molar-refractivity contribution is 0.0506. The molecule has 5 heteroatoms. The van der Waals surface area contributed by atoms with E-state index in [4.69, 9.17) is 4.74 Å². The summed E-state index contributed by atoms with van der Waals surface area (Å²) in [5.41, 5.74) is 6.46. The zero-order valence-electron chi connectivity index (χ0n) is 19.3. The topological polar surface area (TPSA) is 59.5 Å². The SMILES string of the molecule is Cc1ccc(C(=O)C2CC3CCC(C2)N3C(=O)OCC2c3ccccc3-c3ccccc32)cn1. The molecule has 1 amide bonds. The normalized spacial score (nSPS) is 22.9. The van der Waals surface area contributed by atoms with Gasteiger partial charge in [-0.1, -0.05) is 48.5 Å². The first kappa shape index (κ1) is 21.1. The van der Waals surface area contributed by atoms with E-state index in [1.165, 1.54) is 22.3 Å². The second-order valence-corrected chi connectivity index (χ2v) is 9.82. The summed E-state index contributed by atoms with van der Waals surface area (Å²) in [4.78, 5) is 32.5. The lowest BCUT2D eigenvalue weighted by Gasteiger charge is -2.37. The minimum atomic E-state index is -0.239. The number of amides is 1. The van der Waals surface area contributed by atoms with Gasteiger partial charge < -0.3 is 9.64 Å². The van der Waals surface area contributed by atoms with Crippen LogP contribution in [0.2, 0.25) is 0 Å². The zero-order chi connectivity index (χ0) is 23.2. The Hall–Kier alpha value is -3.47. The van der Waals surface area contributed by atoms with Gasteiger partial charge in [0, 0.05) is 41.4 Å². The second-order valence-electron chi connectivity index (χ2n) is 9.82. The Balaban J connectivity index is 1.14. The molecule has 34 heavy (non-hydrogen) atoms. The van der Waals surface area contributed by atoms with Crippen LogP contribution in [0, 0.1) is 12.8 Å². The van der Waals surface area contributed by atoms with E-state index >= 15 is 0 Å². The molecule has 2 unspecified atom stereocenters. The van der Waals surface area contributed by atoms with Gasteiger partial charge in [0.25, 0.3) is 0 Å². The smallest absolute Gasteiger partial charge is 0.410 e. The van der Waals surface area contributed by atoms with E-state index in [1.54, 1.807) is 6.20 Å². The second kappa shape index (κ2) is 8.39. The molecule has 172 valence electrons. The molecule has 3 aliphatic rings. The van der Waals surface area contributed by atoms with Crippen LogP contribution >= 0.6 is 0 Å². The van der Waals surface area contributed by atoms with Crippen molar-refractivity contribution >= 4 is 11.9 Å². The van der Waals surface area contributed by atoms with Crippen LogP contribution in [0.25, 0.3) is 11.1 Å². The fourth-order valence-electron chi connectivity index (χ4n) is 6.21. The van der Waals surface area contributed by atoms with Crippen LogP contribution in [-0.2, 0) is 4.74 Å². The van der Waals surface area contributed by atoms with Crippen molar-refractivity contribution in [3.8, 4) is 11.1 Å². The van der Waals surface area contributed by atoms with Gasteiger partial charge in [-0.25, -0.2) is 4.79 Å². The standard InChI is InChI=1S/C29H28N2O3/c1-18-10-11-19(16-30-18)28(32)20-14-21-12-13-22(15-20)31(21)29(33)34-17-27-25-8-4-2-6-23(25)24-7-3-5-9-26(24)27/h2-11,16,20-22,27H,12-15,17H2,1H3. The van der Waals surface area contributed by atoms with Crippen LogP contribution in [0.4, 0.5) is 4.79 Å². The van der Waals surface area contributed by atoms with Crippen molar-refractivity contribution < 1.29 is 14.3 Å². The van der Waals surface area contributed by atoms with Gasteiger partial charge in [-0.05, 0) is 67.0 Å². The van der Waals surface area contributed by atoms with E-state index in [1.807, 2.05) is 36.1 Å². The average Bonchev–Trinajstić information content (AvgIpc) is 3.33. The molecule has 0 radical (unpaired) electrons. The van der Waals surface area contributed by atoms with E-state index in [2.05, 4.69) is 41.4 Å². The van der Waals surface area contributed by atoms with Gasteiger partial charge in [0.05, 0.1) is 0 Å². The number of hydrogen-bond donors (Lipinski definition) is 0. The fraction of sp³-hybridized carbons (Fsp3) is 0.345. The number of hydrogen-bond acceptors (Lipinski definition) is 4. The van der Waals surface area contributed by atoms with E-state index in [9.17, 15) is 9.59 Å². The van der Waals surface area contributed by atoms with Crippen molar-refractivity contribution in [2.24, 2.45) is 5.92 Å². The minimum Gasteiger partial charge on any atom is -0.448 e. The molecule has 1 aromatic heterocycles. The number of piperidine rings is 1. The number of ketones is 1. The largest absolute Gasteiger partial charge is 0.448 e. The number of aryl methyl sites for hydroxylation is 1. The Bertz CT molecular complexity index is 1190. The van der Waals surface area contributed by atoms with Gasteiger partial charge in [0.1, 0.15) is 6.61 Å². The van der Waals surface area contributed by atoms with E-state index < -0.39 is 0 Å². The summed E-state index contributed by atoms with van der Waals surface area (Å²) in [5.74, 6) is 0.151. The molecule has 3 heterocycles. The molecule has 5 nitrogen and oxygen atoms in total. The van der Waals surface area contributed by atoms with Crippen LogP contribution in [0.3, 0.4) is 0 Å². The predicted molar refractivity (Wildman–Crippen MR) is 130 cm³/mol. The third-order valence-electron chi connectivity index (χ3n) is 7.85. The number of rotatable bonds is 4. The van der Waals surface area contributed by atoms with Crippen LogP contribution < -0.4 is 0 Å². The van der Waals surface area contributed by atoms with Gasteiger partial charge in [-0.3, -0.25) is 9.78 Å². The Kier molecular flexibility index (Phi) is 5.20. The molecular weight excluding hydrogens is 424 g/mol. The number of benzene rings is 2. The Morgan fingerprint density at radius 3 is 2.12 bits per heavy atom. The van der Waals surface area contributed by atoms with Crippen molar-refractivity contribution in [3.63, 3.8) is 0 Å². The van der Waals surface area contributed by atoms with Gasteiger partial charge in [0.15, 0.2) is 5.78 Å². The Morgan fingerprint density at radius 1 is 0.912 bits per heavy atom. The van der Waals surface area contributed by atoms with E-state index in [0.29, 0.717) is 25.0 Å². The number of carbonyl (C=O) groups excluding carboxylic acids is 2. The monoisotopic (exact) mass is 452 g/mol. The maximum Gasteiger partial charge on any atom is 0.410 e. The maximum atomic E-state index is 13.2. The van der Waals surface area contributed by atoms with Crippen LogP contribution in [0.15, 0.2) is 66.9 Å². The zero-order valence-corrected chi connectivity index (χ0v) is 19.3. The molecule has 1 aliphatic carbocycles. The molecule has 0 saturated carbocycles. The number of Topliss-reactive ketones (excluding diaryl/α,β-unsaturated/α-hetero) is 1. The number of pyridine rings is 1. The van der Waals surface area contributed by atoms with Gasteiger partial charge in [-0.15, -0.1) is 0 Å². The number of ether oxygens (including phenoxy) is 1. The fourth-order valence-corrected chi connectivity index (χ4v) is 6.21. The minimum absolute atomic E-state index is 0.0559. The lowest BCUT2D eigenvalue weighted by Crippen LogP contribution is -2.48. The molecule has 0 N–H and O–H groups in total. The van der Waals surface area contributed by atoms with Crippen molar-refractivity contribution in [1.82, 2.24) is 9.88 Å². The highest BCUT2D eigenvalue weighted by atomic mass is 16.6. The average molecular weight is 453 g/mol. The van der Waals surface area contributed by atoms with Crippen molar-refractivity contribution in [2.45, 2.75) is 50.6 Å². The van der Waals surface area contributed by atoms with Crippen LogP contribution in [-0.4, -0.2) is 40.5 Å². The molecule has 6 rings (SSSR count). The van der Waals surface area contributed by atoms with Gasteiger partial charge in [0.2, 0.25) is 0 Å². The maximum absolute atomic E-state index is 13.2. The van der Waals surface area contributed by atoms with Crippen LogP contribution in [0.5, 0.6) is 0 Å². The molecule has 2 aromatic carbocycles. The molecular formula is C29H28N2O3. The van der Waals surface area contributed by atoms with Gasteiger partial charge in [-0.2, -0.15) is 0 Å². The third kappa shape index (κ3) is 3.51. The highest BCUT2D eigenvalue weighted by Gasteiger charge is 2.46. The van der Waals surface area contributed by atoms with Crippen molar-refractivity contribution in [1.29, 1.82) is 0 Å². The van der Waals surface area contributed by atoms with Crippen molar-refractivity contribution in [2.75, 3.05) is 6.61 Å². The summed E-state index contributed by atoms with van der Waals surface area (Å²) in [6, 6.07) is 20.6. The lowest BCUT2D eigenvalue weighted by atomic mass is 9.85. The Labute approximate surface area is 199 Å². The van der Waals surface area contributed by atoms with E-state index in [-0.39, 0.29) is 35.8 Å². The first-order chi connectivity index (χ1) is 16.6. The van der Waals surface area contributed by atoms with Gasteiger partial charge >= 0.3 is 6.09 Å². The summed E-state index contributed by atoms with van der Waals surface area (Å²) >= 11 is 0. The number of fused-ring (bicyclic) bond motifs is 5. The molecule has 2 atom stereocenters. The first-order valence-electron chi connectivity index (χ1n) is 12.2. The van der Waals surface area contributed by atoms with E-state index in [0.717, 1.165) is 18.5 Å². The summed E-state index contributed by atoms with van der Waals surface area (Å²) in [7, 11) is 0. The Morgan fingerprint density at radius 2 is 1.53 bits per heavy atom. The molecule has 0 spiro atoms. The summed E-state index contributed by atoms with van der Waals surface area (Å²) in [6.07, 6.45) is 4.71. The number of carbonyl (C=O) groups is 2. The number of nitrogens with zero attached hydrogens (tertiary/aromatic N) is 2. The summed E-state index contributed by atoms with van der Waals surface area (Å²) < 4.78 is 5.95. The predicted octanol–water partition coefficient (Wildman–Crippen LogP) is 5.76. The third-order valence-corrected chi connectivity index (χ3v) is 7.85. The molecule has 2 saturated heterocycles. The highest BCUT2D eigenvalue weighted by Crippen LogP contribution is 2.45. The number of aromatic nitrogens is 1. The quantitative estimate of drug-likeness (QED) is 0.472. The van der Waals surface area contributed by atoms with Crippen LogP contribution in [0.1, 0.15) is 58.8 Å².